The summed E-state index contributed by atoms with van der Waals surface area (Å²) in [4.78, 5) is 19.6. The predicted molar refractivity (Wildman–Crippen MR) is 80.9 cm³/mol. The van der Waals surface area contributed by atoms with Crippen molar-refractivity contribution in [1.29, 1.82) is 0 Å². The lowest BCUT2D eigenvalue weighted by molar-refractivity contribution is 0.191. The fraction of sp³-hybridized carbons (Fsp3) is 0.429. The van der Waals surface area contributed by atoms with Crippen LogP contribution in [0.1, 0.15) is 37.8 Å². The van der Waals surface area contributed by atoms with Crippen LogP contribution >= 0.6 is 15.9 Å². The molecule has 0 aliphatic rings. The summed E-state index contributed by atoms with van der Waals surface area (Å²) in [5, 5.41) is 0. The molecule has 2 rings (SSSR count). The first kappa shape index (κ1) is 15.0. The topological polar surface area (TPSA) is 54.8 Å². The zero-order chi connectivity index (χ0) is 14.4. The predicted octanol–water partition coefficient (Wildman–Crippen LogP) is 3.00. The lowest BCUT2D eigenvalue weighted by Gasteiger charge is -2.27. The van der Waals surface area contributed by atoms with Gasteiger partial charge in [0.2, 0.25) is 0 Å². The smallest absolute Gasteiger partial charge is 0.145 e. The second-order valence-corrected chi connectivity index (χ2v) is 5.40. The summed E-state index contributed by atoms with van der Waals surface area (Å²) in [5.41, 5.74) is 0.949. The normalized spacial score (nSPS) is 12.6. The van der Waals surface area contributed by atoms with Crippen LogP contribution in [-0.2, 0) is 6.54 Å². The van der Waals surface area contributed by atoms with Crippen molar-refractivity contribution in [2.24, 2.45) is 0 Å². The second kappa shape index (κ2) is 7.40. The number of hydrogen-bond donors (Lipinski definition) is 0. The first-order chi connectivity index (χ1) is 9.70. The summed E-state index contributed by atoms with van der Waals surface area (Å²) in [6.45, 7) is 6.00. The minimum absolute atomic E-state index is 0.154. The third kappa shape index (κ3) is 4.05. The summed E-state index contributed by atoms with van der Waals surface area (Å²) < 4.78 is 0.753. The summed E-state index contributed by atoms with van der Waals surface area (Å²) in [6, 6.07) is 1.99. The average molecular weight is 336 g/mol. The molecule has 106 valence electrons. The van der Waals surface area contributed by atoms with Crippen molar-refractivity contribution >= 4 is 15.9 Å². The molecule has 1 atom stereocenters. The van der Waals surface area contributed by atoms with Gasteiger partial charge in [-0.15, -0.1) is 0 Å². The van der Waals surface area contributed by atoms with Gasteiger partial charge < -0.3 is 0 Å². The SMILES string of the molecule is CCCN(Cc1cnc(Br)cn1)C(C)c1ncccn1. The molecule has 0 N–H and O–H groups in total. The molecule has 6 heteroatoms. The highest BCUT2D eigenvalue weighted by atomic mass is 79.9. The summed E-state index contributed by atoms with van der Waals surface area (Å²) in [7, 11) is 0. The molecule has 0 amide bonds. The van der Waals surface area contributed by atoms with Crippen LogP contribution in [0.5, 0.6) is 0 Å². The Kier molecular flexibility index (Phi) is 5.55. The Morgan fingerprint density at radius 2 is 1.90 bits per heavy atom. The molecule has 0 aromatic carbocycles. The van der Waals surface area contributed by atoms with Crippen molar-refractivity contribution in [3.8, 4) is 0 Å². The molecule has 0 saturated carbocycles. The summed E-state index contributed by atoms with van der Waals surface area (Å²) >= 11 is 3.30. The molecule has 0 aliphatic carbocycles. The largest absolute Gasteiger partial charge is 0.288 e. The molecule has 2 aromatic heterocycles. The van der Waals surface area contributed by atoms with Crippen LogP contribution < -0.4 is 0 Å². The second-order valence-electron chi connectivity index (χ2n) is 4.58. The van der Waals surface area contributed by atoms with Gasteiger partial charge >= 0.3 is 0 Å². The number of aromatic nitrogens is 4. The maximum Gasteiger partial charge on any atom is 0.145 e. The highest BCUT2D eigenvalue weighted by Gasteiger charge is 2.18. The highest BCUT2D eigenvalue weighted by molar-refractivity contribution is 9.10. The molecule has 0 radical (unpaired) electrons. The Bertz CT molecular complexity index is 517. The van der Waals surface area contributed by atoms with Crippen LogP contribution in [0.15, 0.2) is 35.5 Å². The van der Waals surface area contributed by atoms with Crippen molar-refractivity contribution in [2.45, 2.75) is 32.9 Å². The maximum absolute atomic E-state index is 4.38. The average Bonchev–Trinajstić information content (AvgIpc) is 2.49. The minimum atomic E-state index is 0.154. The van der Waals surface area contributed by atoms with Gasteiger partial charge in [0.1, 0.15) is 10.4 Å². The Morgan fingerprint density at radius 1 is 1.15 bits per heavy atom. The van der Waals surface area contributed by atoms with E-state index in [1.165, 1.54) is 0 Å². The molecular weight excluding hydrogens is 318 g/mol. The van der Waals surface area contributed by atoms with E-state index in [9.17, 15) is 0 Å². The number of rotatable bonds is 6. The Balaban J connectivity index is 2.12. The van der Waals surface area contributed by atoms with Gasteiger partial charge in [0.25, 0.3) is 0 Å². The minimum Gasteiger partial charge on any atom is -0.288 e. The van der Waals surface area contributed by atoms with E-state index < -0.39 is 0 Å². The van der Waals surface area contributed by atoms with Crippen molar-refractivity contribution < 1.29 is 0 Å². The number of nitrogens with zero attached hydrogens (tertiary/aromatic N) is 5. The lowest BCUT2D eigenvalue weighted by atomic mass is 10.2. The van der Waals surface area contributed by atoms with E-state index in [1.54, 1.807) is 24.8 Å². The van der Waals surface area contributed by atoms with Crippen LogP contribution in [0.4, 0.5) is 0 Å². The number of hydrogen-bond acceptors (Lipinski definition) is 5. The van der Waals surface area contributed by atoms with Gasteiger partial charge in [-0.25, -0.2) is 15.0 Å². The molecule has 20 heavy (non-hydrogen) atoms. The van der Waals surface area contributed by atoms with E-state index in [1.807, 2.05) is 6.07 Å². The summed E-state index contributed by atoms with van der Waals surface area (Å²) in [6.07, 6.45) is 8.15. The van der Waals surface area contributed by atoms with Crippen molar-refractivity contribution in [2.75, 3.05) is 6.54 Å². The standard InChI is InChI=1S/C14H18BrN5/c1-3-7-20(10-12-8-19-13(15)9-18-12)11(2)14-16-5-4-6-17-14/h4-6,8-9,11H,3,7,10H2,1-2H3. The van der Waals surface area contributed by atoms with Crippen molar-refractivity contribution in [3.05, 3.63) is 47.0 Å². The first-order valence-corrected chi connectivity index (χ1v) is 7.47. The molecule has 0 spiro atoms. The molecule has 0 fully saturated rings. The Hall–Kier alpha value is -1.40. The molecular formula is C14H18BrN5. The van der Waals surface area contributed by atoms with Gasteiger partial charge in [-0.3, -0.25) is 9.88 Å². The van der Waals surface area contributed by atoms with Gasteiger partial charge in [-0.05, 0) is 41.9 Å². The molecule has 1 unspecified atom stereocenters. The zero-order valence-electron chi connectivity index (χ0n) is 11.7. The van der Waals surface area contributed by atoms with E-state index in [0.29, 0.717) is 0 Å². The van der Waals surface area contributed by atoms with Gasteiger partial charge in [0, 0.05) is 18.9 Å². The third-order valence-electron chi connectivity index (χ3n) is 3.06. The van der Waals surface area contributed by atoms with Gasteiger partial charge in [-0.2, -0.15) is 0 Å². The van der Waals surface area contributed by atoms with Gasteiger partial charge in [-0.1, -0.05) is 6.92 Å². The van der Waals surface area contributed by atoms with E-state index in [4.69, 9.17) is 0 Å². The molecule has 5 nitrogen and oxygen atoms in total. The van der Waals surface area contributed by atoms with Crippen LogP contribution in [0.2, 0.25) is 0 Å². The first-order valence-electron chi connectivity index (χ1n) is 6.68. The third-order valence-corrected chi connectivity index (χ3v) is 3.47. The van der Waals surface area contributed by atoms with Crippen LogP contribution in [0.3, 0.4) is 0 Å². The van der Waals surface area contributed by atoms with Gasteiger partial charge in [0.05, 0.1) is 24.1 Å². The van der Waals surface area contributed by atoms with Crippen molar-refractivity contribution in [1.82, 2.24) is 24.8 Å². The van der Waals surface area contributed by atoms with E-state index in [-0.39, 0.29) is 6.04 Å². The van der Waals surface area contributed by atoms with E-state index in [0.717, 1.165) is 35.6 Å². The molecule has 2 aromatic rings. The summed E-state index contributed by atoms with van der Waals surface area (Å²) in [5.74, 6) is 0.839. The van der Waals surface area contributed by atoms with E-state index >= 15 is 0 Å². The Labute approximate surface area is 127 Å². The Morgan fingerprint density at radius 3 is 2.50 bits per heavy atom. The van der Waals surface area contributed by atoms with Crippen LogP contribution in [0, 0.1) is 0 Å². The lowest BCUT2D eigenvalue weighted by Crippen LogP contribution is -2.29. The maximum atomic E-state index is 4.38. The van der Waals surface area contributed by atoms with Gasteiger partial charge in [0.15, 0.2) is 0 Å². The zero-order valence-corrected chi connectivity index (χ0v) is 13.3. The van der Waals surface area contributed by atoms with Crippen molar-refractivity contribution in [3.63, 3.8) is 0 Å². The molecule has 2 heterocycles. The highest BCUT2D eigenvalue weighted by Crippen LogP contribution is 2.18. The molecule has 0 bridgehead atoms. The fourth-order valence-electron chi connectivity index (χ4n) is 2.02. The van der Waals surface area contributed by atoms with E-state index in [2.05, 4.69) is 54.6 Å². The van der Waals surface area contributed by atoms with Crippen LogP contribution in [-0.4, -0.2) is 31.4 Å². The number of halogens is 1. The van der Waals surface area contributed by atoms with Crippen LogP contribution in [0.25, 0.3) is 0 Å². The quantitative estimate of drug-likeness (QED) is 0.812. The molecule has 0 saturated heterocycles. The molecule has 0 aliphatic heterocycles. The monoisotopic (exact) mass is 335 g/mol. The fourth-order valence-corrected chi connectivity index (χ4v) is 2.22.